The van der Waals surface area contributed by atoms with Crippen LogP contribution >= 0.6 is 11.6 Å². The van der Waals surface area contributed by atoms with Crippen molar-refractivity contribution in [2.75, 3.05) is 31.1 Å². The number of hydrogen-bond donors (Lipinski definition) is 0. The Morgan fingerprint density at radius 3 is 2.41 bits per heavy atom. The molecular weight excluding hydrogens is 296 g/mol. The maximum absolute atomic E-state index is 6.08. The van der Waals surface area contributed by atoms with E-state index in [4.69, 9.17) is 11.6 Å². The molecule has 0 amide bonds. The first-order valence-corrected chi connectivity index (χ1v) is 8.06. The third-order valence-corrected chi connectivity index (χ3v) is 4.71. The molecule has 2 heterocycles. The molecule has 3 rings (SSSR count). The zero-order valence-corrected chi connectivity index (χ0v) is 13.8. The SMILES string of the molecule is Cc1ncc(N2CCN(C(C)c3ccccc3)CC2)nc1Cl. The van der Waals surface area contributed by atoms with Crippen LogP contribution in [0.2, 0.25) is 5.15 Å². The lowest BCUT2D eigenvalue weighted by Crippen LogP contribution is -2.47. The molecule has 1 fully saturated rings. The number of halogens is 1. The number of piperazine rings is 1. The fourth-order valence-corrected chi connectivity index (χ4v) is 2.99. The average Bonchev–Trinajstić information content (AvgIpc) is 2.58. The number of aromatic nitrogens is 2. The average molecular weight is 317 g/mol. The largest absolute Gasteiger partial charge is 0.353 e. The first-order chi connectivity index (χ1) is 10.6. The second kappa shape index (κ2) is 6.63. The maximum atomic E-state index is 6.08. The monoisotopic (exact) mass is 316 g/mol. The van der Waals surface area contributed by atoms with Gasteiger partial charge in [0.2, 0.25) is 0 Å². The summed E-state index contributed by atoms with van der Waals surface area (Å²) in [5.74, 6) is 0.877. The molecule has 1 saturated heterocycles. The molecule has 0 spiro atoms. The lowest BCUT2D eigenvalue weighted by Gasteiger charge is -2.38. The molecule has 0 radical (unpaired) electrons. The van der Waals surface area contributed by atoms with Crippen LogP contribution < -0.4 is 4.90 Å². The van der Waals surface area contributed by atoms with E-state index in [0.717, 1.165) is 37.7 Å². The number of aryl methyl sites for hydroxylation is 1. The topological polar surface area (TPSA) is 32.3 Å². The van der Waals surface area contributed by atoms with Crippen molar-refractivity contribution in [3.8, 4) is 0 Å². The van der Waals surface area contributed by atoms with Gasteiger partial charge in [0.25, 0.3) is 0 Å². The highest BCUT2D eigenvalue weighted by Crippen LogP contribution is 2.23. The van der Waals surface area contributed by atoms with Crippen molar-refractivity contribution in [1.82, 2.24) is 14.9 Å². The predicted molar refractivity (Wildman–Crippen MR) is 90.4 cm³/mol. The first-order valence-electron chi connectivity index (χ1n) is 7.68. The van der Waals surface area contributed by atoms with Gasteiger partial charge in [0.15, 0.2) is 5.15 Å². The van der Waals surface area contributed by atoms with E-state index < -0.39 is 0 Å². The third kappa shape index (κ3) is 3.23. The molecule has 4 nitrogen and oxygen atoms in total. The van der Waals surface area contributed by atoms with E-state index in [1.165, 1.54) is 5.56 Å². The van der Waals surface area contributed by atoms with Gasteiger partial charge < -0.3 is 4.90 Å². The van der Waals surface area contributed by atoms with E-state index >= 15 is 0 Å². The molecule has 1 unspecified atom stereocenters. The summed E-state index contributed by atoms with van der Waals surface area (Å²) in [6, 6.07) is 11.1. The molecule has 116 valence electrons. The number of hydrogen-bond acceptors (Lipinski definition) is 4. The molecule has 5 heteroatoms. The molecule has 22 heavy (non-hydrogen) atoms. The Bertz CT molecular complexity index is 624. The number of rotatable bonds is 3. The Balaban J connectivity index is 1.64. The molecule has 0 bridgehead atoms. The third-order valence-electron chi connectivity index (χ3n) is 4.35. The van der Waals surface area contributed by atoms with Crippen molar-refractivity contribution in [3.63, 3.8) is 0 Å². The van der Waals surface area contributed by atoms with Gasteiger partial charge in [-0.2, -0.15) is 0 Å². The molecule has 0 aliphatic carbocycles. The van der Waals surface area contributed by atoms with E-state index in [-0.39, 0.29) is 0 Å². The number of anilines is 1. The zero-order chi connectivity index (χ0) is 15.5. The maximum Gasteiger partial charge on any atom is 0.152 e. The molecule has 1 aromatic carbocycles. The second-order valence-electron chi connectivity index (χ2n) is 5.71. The van der Waals surface area contributed by atoms with Gasteiger partial charge in [0.1, 0.15) is 5.82 Å². The van der Waals surface area contributed by atoms with Gasteiger partial charge in [-0.25, -0.2) is 4.98 Å². The Hall–Kier alpha value is -1.65. The van der Waals surface area contributed by atoms with Crippen molar-refractivity contribution >= 4 is 17.4 Å². The van der Waals surface area contributed by atoms with Crippen LogP contribution in [0, 0.1) is 6.92 Å². The van der Waals surface area contributed by atoms with Crippen LogP contribution in [0.3, 0.4) is 0 Å². The molecular formula is C17H21ClN4. The standard InChI is InChI=1S/C17H21ClN4/c1-13-17(18)20-16(12-19-13)22-10-8-21(9-11-22)14(2)15-6-4-3-5-7-15/h3-7,12,14H,8-11H2,1-2H3. The fraction of sp³-hybridized carbons (Fsp3) is 0.412. The summed E-state index contributed by atoms with van der Waals surface area (Å²) < 4.78 is 0. The van der Waals surface area contributed by atoms with Crippen LogP contribution in [0.5, 0.6) is 0 Å². The molecule has 2 aromatic rings. The van der Waals surface area contributed by atoms with Crippen LogP contribution in [0.4, 0.5) is 5.82 Å². The Morgan fingerprint density at radius 2 is 1.77 bits per heavy atom. The summed E-state index contributed by atoms with van der Waals surface area (Å²) in [4.78, 5) is 13.5. The van der Waals surface area contributed by atoms with Gasteiger partial charge in [-0.1, -0.05) is 41.9 Å². The zero-order valence-electron chi connectivity index (χ0n) is 13.0. The molecule has 0 N–H and O–H groups in total. The first kappa shape index (κ1) is 15.3. The highest BCUT2D eigenvalue weighted by atomic mass is 35.5. The van der Waals surface area contributed by atoms with Gasteiger partial charge >= 0.3 is 0 Å². The van der Waals surface area contributed by atoms with Gasteiger partial charge in [0.05, 0.1) is 11.9 Å². The van der Waals surface area contributed by atoms with Crippen LogP contribution in [-0.2, 0) is 0 Å². The summed E-state index contributed by atoms with van der Waals surface area (Å²) in [6.07, 6.45) is 1.82. The Kier molecular flexibility index (Phi) is 4.60. The second-order valence-corrected chi connectivity index (χ2v) is 6.07. The van der Waals surface area contributed by atoms with Crippen molar-refractivity contribution in [3.05, 3.63) is 52.9 Å². The van der Waals surface area contributed by atoms with E-state index in [9.17, 15) is 0 Å². The van der Waals surface area contributed by atoms with Gasteiger partial charge in [-0.15, -0.1) is 0 Å². The Labute approximate surface area is 136 Å². The van der Waals surface area contributed by atoms with Crippen LogP contribution in [0.15, 0.2) is 36.5 Å². The van der Waals surface area contributed by atoms with Crippen molar-refractivity contribution < 1.29 is 0 Å². The lowest BCUT2D eigenvalue weighted by molar-refractivity contribution is 0.198. The fourth-order valence-electron chi connectivity index (χ4n) is 2.85. The summed E-state index contributed by atoms with van der Waals surface area (Å²) in [7, 11) is 0. The van der Waals surface area contributed by atoms with Gasteiger partial charge in [-0.3, -0.25) is 9.88 Å². The van der Waals surface area contributed by atoms with Crippen LogP contribution in [0.1, 0.15) is 24.2 Å². The van der Waals surface area contributed by atoms with Crippen LogP contribution in [0.25, 0.3) is 0 Å². The lowest BCUT2D eigenvalue weighted by atomic mass is 10.1. The normalized spacial score (nSPS) is 17.5. The van der Waals surface area contributed by atoms with E-state index in [1.54, 1.807) is 0 Å². The van der Waals surface area contributed by atoms with E-state index in [1.807, 2.05) is 13.1 Å². The molecule has 1 aliphatic rings. The van der Waals surface area contributed by atoms with Crippen molar-refractivity contribution in [1.29, 1.82) is 0 Å². The summed E-state index contributed by atoms with van der Waals surface area (Å²) >= 11 is 6.08. The minimum Gasteiger partial charge on any atom is -0.353 e. The quantitative estimate of drug-likeness (QED) is 0.869. The van der Waals surface area contributed by atoms with Crippen molar-refractivity contribution in [2.24, 2.45) is 0 Å². The van der Waals surface area contributed by atoms with Gasteiger partial charge in [-0.05, 0) is 19.4 Å². The highest BCUT2D eigenvalue weighted by molar-refractivity contribution is 6.30. The van der Waals surface area contributed by atoms with Crippen LogP contribution in [-0.4, -0.2) is 41.0 Å². The minimum absolute atomic E-state index is 0.441. The number of benzene rings is 1. The Morgan fingerprint density at radius 1 is 1.09 bits per heavy atom. The number of nitrogens with zero attached hydrogens (tertiary/aromatic N) is 4. The smallest absolute Gasteiger partial charge is 0.152 e. The predicted octanol–water partition coefficient (Wildman–Crippen LogP) is 3.32. The molecule has 1 aromatic heterocycles. The van der Waals surface area contributed by atoms with E-state index in [0.29, 0.717) is 11.2 Å². The molecule has 1 atom stereocenters. The van der Waals surface area contributed by atoms with E-state index in [2.05, 4.69) is 57.0 Å². The summed E-state index contributed by atoms with van der Waals surface area (Å²) in [6.45, 7) is 8.08. The summed E-state index contributed by atoms with van der Waals surface area (Å²) in [5.41, 5.74) is 2.15. The summed E-state index contributed by atoms with van der Waals surface area (Å²) in [5, 5.41) is 0.498. The molecule has 0 saturated carbocycles. The highest BCUT2D eigenvalue weighted by Gasteiger charge is 2.23. The molecule has 1 aliphatic heterocycles. The van der Waals surface area contributed by atoms with Crippen molar-refractivity contribution in [2.45, 2.75) is 19.9 Å². The van der Waals surface area contributed by atoms with Gasteiger partial charge in [0, 0.05) is 32.2 Å². The minimum atomic E-state index is 0.441.